The van der Waals surface area contributed by atoms with Crippen molar-refractivity contribution in [1.29, 1.82) is 5.26 Å². The van der Waals surface area contributed by atoms with Gasteiger partial charge in [-0.25, -0.2) is 4.98 Å². The molecule has 4 heteroatoms. The van der Waals surface area contributed by atoms with Gasteiger partial charge in [-0.15, -0.1) is 0 Å². The third kappa shape index (κ3) is 2.58. The molecule has 0 fully saturated rings. The third-order valence-corrected chi connectivity index (χ3v) is 3.15. The van der Waals surface area contributed by atoms with Crippen LogP contribution in [0.3, 0.4) is 0 Å². The van der Waals surface area contributed by atoms with Crippen LogP contribution in [-0.2, 0) is 0 Å². The summed E-state index contributed by atoms with van der Waals surface area (Å²) in [6.45, 7) is 0. The molecule has 0 aliphatic heterocycles. The van der Waals surface area contributed by atoms with Crippen LogP contribution < -0.4 is 0 Å². The van der Waals surface area contributed by atoms with E-state index in [-0.39, 0.29) is 5.75 Å². The lowest BCUT2D eigenvalue weighted by Crippen LogP contribution is -1.86. The van der Waals surface area contributed by atoms with Crippen molar-refractivity contribution >= 4 is 22.7 Å². The fraction of sp³-hybridized carbons (Fsp3) is 0. The first-order chi connectivity index (χ1) is 10.3. The van der Waals surface area contributed by atoms with Crippen molar-refractivity contribution in [2.45, 2.75) is 0 Å². The number of hydrogen-bond acceptors (Lipinski definition) is 4. The number of fused-ring (bicyclic) bond motifs is 1. The normalized spacial score (nSPS) is 10.8. The molecular formula is C17H11N3O. The molecule has 0 radical (unpaired) electrons. The summed E-state index contributed by atoms with van der Waals surface area (Å²) in [5.41, 5.74) is 1.64. The van der Waals surface area contributed by atoms with E-state index in [4.69, 9.17) is 5.26 Å². The number of aliphatic imine (C=N–C) groups is 1. The molecular weight excluding hydrogens is 262 g/mol. The Morgan fingerprint density at radius 3 is 2.71 bits per heavy atom. The second-order valence-corrected chi connectivity index (χ2v) is 4.49. The number of nitriles is 1. The molecule has 1 aromatic heterocycles. The lowest BCUT2D eigenvalue weighted by atomic mass is 10.0. The van der Waals surface area contributed by atoms with Crippen LogP contribution in [-0.4, -0.2) is 16.3 Å². The molecule has 0 atom stereocenters. The minimum absolute atomic E-state index is 0.180. The Balaban J connectivity index is 2.02. The van der Waals surface area contributed by atoms with E-state index in [0.29, 0.717) is 16.9 Å². The van der Waals surface area contributed by atoms with Crippen LogP contribution in [0, 0.1) is 11.3 Å². The Morgan fingerprint density at radius 2 is 1.95 bits per heavy atom. The van der Waals surface area contributed by atoms with Crippen LogP contribution in [0.25, 0.3) is 10.8 Å². The highest BCUT2D eigenvalue weighted by molar-refractivity contribution is 6.02. The number of phenols is 1. The van der Waals surface area contributed by atoms with Gasteiger partial charge in [0.15, 0.2) is 0 Å². The Kier molecular flexibility index (Phi) is 3.32. The summed E-state index contributed by atoms with van der Waals surface area (Å²) in [6, 6.07) is 16.6. The summed E-state index contributed by atoms with van der Waals surface area (Å²) in [7, 11) is 0. The van der Waals surface area contributed by atoms with E-state index in [1.54, 1.807) is 24.4 Å². The Hall–Kier alpha value is -3.19. The molecule has 100 valence electrons. The maximum atomic E-state index is 10.0. The molecule has 3 rings (SSSR count). The highest BCUT2D eigenvalue weighted by Gasteiger charge is 2.04. The van der Waals surface area contributed by atoms with Gasteiger partial charge >= 0.3 is 0 Å². The van der Waals surface area contributed by atoms with Crippen LogP contribution in [0.4, 0.5) is 5.69 Å². The van der Waals surface area contributed by atoms with Crippen LogP contribution in [0.15, 0.2) is 59.7 Å². The average Bonchev–Trinajstić information content (AvgIpc) is 2.54. The fourth-order valence-corrected chi connectivity index (χ4v) is 2.09. The van der Waals surface area contributed by atoms with Crippen LogP contribution in [0.1, 0.15) is 11.3 Å². The Bertz CT molecular complexity index is 861. The number of phenolic OH excluding ortho intramolecular Hbond substituents is 1. The second kappa shape index (κ2) is 5.43. The van der Waals surface area contributed by atoms with Gasteiger partial charge in [-0.3, -0.25) is 4.99 Å². The molecule has 0 aliphatic rings. The molecule has 1 N–H and O–H groups in total. The molecule has 0 amide bonds. The molecule has 0 bridgehead atoms. The second-order valence-electron chi connectivity index (χ2n) is 4.49. The molecule has 4 nitrogen and oxygen atoms in total. The number of benzene rings is 2. The average molecular weight is 273 g/mol. The van der Waals surface area contributed by atoms with E-state index in [9.17, 15) is 5.11 Å². The van der Waals surface area contributed by atoms with Gasteiger partial charge in [0.05, 0.1) is 11.9 Å². The van der Waals surface area contributed by atoms with Gasteiger partial charge in [0, 0.05) is 11.8 Å². The van der Waals surface area contributed by atoms with Crippen molar-refractivity contribution in [3.05, 3.63) is 66.0 Å². The topological polar surface area (TPSA) is 69.3 Å². The quantitative estimate of drug-likeness (QED) is 0.726. The Labute approximate surface area is 121 Å². The molecule has 0 aliphatic carbocycles. The molecule has 0 saturated heterocycles. The largest absolute Gasteiger partial charge is 0.507 e. The van der Waals surface area contributed by atoms with Crippen molar-refractivity contribution in [1.82, 2.24) is 4.98 Å². The molecule has 21 heavy (non-hydrogen) atoms. The van der Waals surface area contributed by atoms with Crippen LogP contribution in [0.2, 0.25) is 0 Å². The van der Waals surface area contributed by atoms with Gasteiger partial charge in [-0.05, 0) is 29.0 Å². The number of pyridine rings is 1. The van der Waals surface area contributed by atoms with E-state index in [1.165, 1.54) is 6.20 Å². The third-order valence-electron chi connectivity index (χ3n) is 3.15. The summed E-state index contributed by atoms with van der Waals surface area (Å²) < 4.78 is 0. The van der Waals surface area contributed by atoms with Gasteiger partial charge in [0.2, 0.25) is 0 Å². The van der Waals surface area contributed by atoms with Crippen molar-refractivity contribution in [3.8, 4) is 11.8 Å². The standard InChI is InChI=1S/C17H11N3O/c18-9-13-6-7-14(10-19-13)20-11-16-15-4-2-1-3-12(15)5-8-17(16)21/h1-8,10-11,21H. The van der Waals surface area contributed by atoms with E-state index >= 15 is 0 Å². The monoisotopic (exact) mass is 273 g/mol. The van der Waals surface area contributed by atoms with Crippen molar-refractivity contribution in [2.24, 2.45) is 4.99 Å². The van der Waals surface area contributed by atoms with E-state index in [0.717, 1.165) is 10.8 Å². The van der Waals surface area contributed by atoms with Crippen molar-refractivity contribution in [2.75, 3.05) is 0 Å². The van der Waals surface area contributed by atoms with Crippen molar-refractivity contribution in [3.63, 3.8) is 0 Å². The van der Waals surface area contributed by atoms with E-state index in [1.807, 2.05) is 36.4 Å². The lowest BCUT2D eigenvalue weighted by Gasteiger charge is -2.04. The summed E-state index contributed by atoms with van der Waals surface area (Å²) >= 11 is 0. The molecule has 0 spiro atoms. The zero-order chi connectivity index (χ0) is 14.7. The first-order valence-corrected chi connectivity index (χ1v) is 6.39. The predicted molar refractivity (Wildman–Crippen MR) is 81.8 cm³/mol. The zero-order valence-corrected chi connectivity index (χ0v) is 11.1. The SMILES string of the molecule is N#Cc1ccc(N=Cc2c(O)ccc3ccccc23)cn1. The van der Waals surface area contributed by atoms with Crippen LogP contribution >= 0.6 is 0 Å². The summed E-state index contributed by atoms with van der Waals surface area (Å²) in [4.78, 5) is 8.26. The Morgan fingerprint density at radius 1 is 1.10 bits per heavy atom. The first-order valence-electron chi connectivity index (χ1n) is 6.39. The molecule has 0 unspecified atom stereocenters. The maximum absolute atomic E-state index is 10.0. The predicted octanol–water partition coefficient (Wildman–Crippen LogP) is 3.56. The summed E-state index contributed by atoms with van der Waals surface area (Å²) in [5.74, 6) is 0.180. The number of aromatic nitrogens is 1. The highest BCUT2D eigenvalue weighted by atomic mass is 16.3. The number of hydrogen-bond donors (Lipinski definition) is 1. The zero-order valence-electron chi connectivity index (χ0n) is 11.1. The molecule has 2 aromatic carbocycles. The number of aromatic hydroxyl groups is 1. The smallest absolute Gasteiger partial charge is 0.140 e. The summed E-state index contributed by atoms with van der Waals surface area (Å²) in [6.07, 6.45) is 3.14. The molecule has 1 heterocycles. The highest BCUT2D eigenvalue weighted by Crippen LogP contribution is 2.26. The lowest BCUT2D eigenvalue weighted by molar-refractivity contribution is 0.475. The maximum Gasteiger partial charge on any atom is 0.140 e. The minimum Gasteiger partial charge on any atom is -0.507 e. The summed E-state index contributed by atoms with van der Waals surface area (Å²) in [5, 5.41) is 20.7. The van der Waals surface area contributed by atoms with Gasteiger partial charge in [-0.1, -0.05) is 30.3 Å². The van der Waals surface area contributed by atoms with Gasteiger partial charge in [0.1, 0.15) is 17.5 Å². The molecule has 0 saturated carbocycles. The molecule has 3 aromatic rings. The van der Waals surface area contributed by atoms with E-state index in [2.05, 4.69) is 9.98 Å². The first kappa shape index (κ1) is 12.8. The van der Waals surface area contributed by atoms with Crippen LogP contribution in [0.5, 0.6) is 5.75 Å². The minimum atomic E-state index is 0.180. The van der Waals surface area contributed by atoms with Gasteiger partial charge in [-0.2, -0.15) is 5.26 Å². The number of nitrogens with zero attached hydrogens (tertiary/aromatic N) is 3. The van der Waals surface area contributed by atoms with E-state index < -0.39 is 0 Å². The van der Waals surface area contributed by atoms with Crippen molar-refractivity contribution < 1.29 is 5.11 Å². The number of rotatable bonds is 2. The van der Waals surface area contributed by atoms with Gasteiger partial charge < -0.3 is 5.11 Å². The van der Waals surface area contributed by atoms with Gasteiger partial charge in [0.25, 0.3) is 0 Å². The fourth-order valence-electron chi connectivity index (χ4n) is 2.09.